The highest BCUT2D eigenvalue weighted by Crippen LogP contribution is 2.30. The topological polar surface area (TPSA) is 41.5 Å². The van der Waals surface area contributed by atoms with E-state index in [1.54, 1.807) is 12.1 Å². The Hall–Kier alpha value is -1.26. The fraction of sp³-hybridized carbons (Fsp3) is 0.333. The first-order valence-corrected chi connectivity index (χ1v) is 8.46. The summed E-state index contributed by atoms with van der Waals surface area (Å²) in [6, 6.07) is 14.5. The Bertz CT molecular complexity index is 642. The van der Waals surface area contributed by atoms with Crippen molar-refractivity contribution in [2.45, 2.75) is 31.1 Å². The minimum atomic E-state index is -0.715. The average molecular weight is 352 g/mol. The molecule has 2 N–H and O–H groups in total. The van der Waals surface area contributed by atoms with E-state index in [-0.39, 0.29) is 12.1 Å². The van der Waals surface area contributed by atoms with Crippen LogP contribution in [0.15, 0.2) is 48.5 Å². The van der Waals surface area contributed by atoms with Crippen molar-refractivity contribution in [3.63, 3.8) is 0 Å². The fourth-order valence-corrected chi connectivity index (χ4v) is 3.22. The molecule has 1 saturated heterocycles. The van der Waals surface area contributed by atoms with Gasteiger partial charge in [0.05, 0.1) is 12.1 Å². The minimum absolute atomic E-state index is 0.0420. The highest BCUT2D eigenvalue weighted by Gasteiger charge is 2.32. The lowest BCUT2D eigenvalue weighted by Gasteiger charge is -2.30. The third kappa shape index (κ3) is 4.18. The summed E-state index contributed by atoms with van der Waals surface area (Å²) in [5, 5.41) is 15.5. The number of rotatable bonds is 5. The van der Waals surface area contributed by atoms with Crippen LogP contribution < -0.4 is 5.32 Å². The van der Waals surface area contributed by atoms with Gasteiger partial charge in [0.2, 0.25) is 0 Å². The lowest BCUT2D eigenvalue weighted by atomic mass is 9.96. The molecule has 3 nitrogen and oxygen atoms in total. The molecule has 0 saturated carbocycles. The zero-order valence-corrected chi connectivity index (χ0v) is 14.1. The van der Waals surface area contributed by atoms with Crippen LogP contribution in [0.1, 0.15) is 24.5 Å². The van der Waals surface area contributed by atoms with Gasteiger partial charge in [-0.05, 0) is 54.8 Å². The maximum Gasteiger partial charge on any atom is 0.102 e. The van der Waals surface area contributed by atoms with Gasteiger partial charge in [-0.25, -0.2) is 0 Å². The van der Waals surface area contributed by atoms with Crippen LogP contribution in [0.5, 0.6) is 0 Å². The largest absolute Gasteiger partial charge is 0.386 e. The van der Waals surface area contributed by atoms with Crippen LogP contribution >= 0.6 is 23.2 Å². The number of ether oxygens (including phenoxy) is 1. The summed E-state index contributed by atoms with van der Waals surface area (Å²) in [5.74, 6) is 0. The van der Waals surface area contributed by atoms with Crippen LogP contribution in [0.2, 0.25) is 10.0 Å². The quantitative estimate of drug-likeness (QED) is 0.821. The summed E-state index contributed by atoms with van der Waals surface area (Å²) < 4.78 is 5.80. The molecule has 0 radical (unpaired) electrons. The van der Waals surface area contributed by atoms with Crippen LogP contribution in [-0.2, 0) is 4.74 Å². The number of aliphatic hydroxyl groups is 1. The minimum Gasteiger partial charge on any atom is -0.386 e. The van der Waals surface area contributed by atoms with Crippen molar-refractivity contribution in [3.05, 3.63) is 64.1 Å². The smallest absolute Gasteiger partial charge is 0.102 e. The molecular formula is C18H19Cl2NO2. The number of nitrogens with one attached hydrogen (secondary N) is 1. The number of benzene rings is 2. The number of anilines is 1. The standard InChI is InChI=1S/C18H19Cl2NO2/c19-13-6-8-15(9-7-13)21-17(16-5-2-10-23-16)18(22)12-3-1-4-14(20)11-12/h1,3-4,6-9,11,16-18,21-22H,2,5,10H2/t16-,17-,18?/m1/s1. The number of hydrogen-bond acceptors (Lipinski definition) is 3. The van der Waals surface area contributed by atoms with Gasteiger partial charge >= 0.3 is 0 Å². The van der Waals surface area contributed by atoms with E-state index >= 15 is 0 Å². The van der Waals surface area contributed by atoms with E-state index < -0.39 is 6.10 Å². The Labute approximate surface area is 146 Å². The molecular weight excluding hydrogens is 333 g/mol. The van der Waals surface area contributed by atoms with Crippen LogP contribution in [0.25, 0.3) is 0 Å². The summed E-state index contributed by atoms with van der Waals surface area (Å²) in [7, 11) is 0. The van der Waals surface area contributed by atoms with Crippen molar-refractivity contribution in [2.24, 2.45) is 0 Å². The van der Waals surface area contributed by atoms with Gasteiger partial charge in [-0.15, -0.1) is 0 Å². The molecule has 3 atom stereocenters. The van der Waals surface area contributed by atoms with E-state index in [9.17, 15) is 5.11 Å². The molecule has 1 aliphatic rings. The van der Waals surface area contributed by atoms with Gasteiger partial charge in [0.15, 0.2) is 0 Å². The van der Waals surface area contributed by atoms with Crippen LogP contribution in [0.3, 0.4) is 0 Å². The van der Waals surface area contributed by atoms with Gasteiger partial charge in [-0.1, -0.05) is 35.3 Å². The van der Waals surface area contributed by atoms with Crippen LogP contribution in [0, 0.1) is 0 Å². The third-order valence-electron chi connectivity index (χ3n) is 4.07. The molecule has 2 aromatic carbocycles. The second kappa shape index (κ2) is 7.54. The molecule has 122 valence electrons. The molecule has 0 bridgehead atoms. The Morgan fingerprint density at radius 2 is 1.87 bits per heavy atom. The monoisotopic (exact) mass is 351 g/mol. The first-order valence-electron chi connectivity index (χ1n) is 7.71. The molecule has 23 heavy (non-hydrogen) atoms. The van der Waals surface area contributed by atoms with Crippen LogP contribution in [0.4, 0.5) is 5.69 Å². The first-order chi connectivity index (χ1) is 11.1. The molecule has 0 spiro atoms. The van der Waals surface area contributed by atoms with E-state index in [2.05, 4.69) is 5.32 Å². The van der Waals surface area contributed by atoms with Crippen molar-refractivity contribution in [1.29, 1.82) is 0 Å². The summed E-state index contributed by atoms with van der Waals surface area (Å²) >= 11 is 12.0. The van der Waals surface area contributed by atoms with E-state index in [1.807, 2.05) is 36.4 Å². The highest BCUT2D eigenvalue weighted by atomic mass is 35.5. The van der Waals surface area contributed by atoms with Crippen LogP contribution in [-0.4, -0.2) is 23.9 Å². The number of aliphatic hydroxyl groups excluding tert-OH is 1. The average Bonchev–Trinajstić information content (AvgIpc) is 3.08. The molecule has 1 fully saturated rings. The predicted octanol–water partition coefficient (Wildman–Crippen LogP) is 4.69. The Morgan fingerprint density at radius 3 is 2.52 bits per heavy atom. The first kappa shape index (κ1) is 16.6. The lowest BCUT2D eigenvalue weighted by Crippen LogP contribution is -2.38. The van der Waals surface area contributed by atoms with Gasteiger partial charge in [-0.2, -0.15) is 0 Å². The SMILES string of the molecule is OC(c1cccc(Cl)c1)[C@H](Nc1ccc(Cl)cc1)[C@H]1CCCO1. The van der Waals surface area contributed by atoms with E-state index in [0.29, 0.717) is 10.0 Å². The van der Waals surface area contributed by atoms with Crippen molar-refractivity contribution in [1.82, 2.24) is 0 Å². The van der Waals surface area contributed by atoms with Gasteiger partial charge in [0, 0.05) is 22.3 Å². The molecule has 3 rings (SSSR count). The maximum absolute atomic E-state index is 10.9. The zero-order valence-electron chi connectivity index (χ0n) is 12.6. The summed E-state index contributed by atoms with van der Waals surface area (Å²) in [4.78, 5) is 0. The Balaban J connectivity index is 1.84. The maximum atomic E-state index is 10.9. The van der Waals surface area contributed by atoms with E-state index in [1.165, 1.54) is 0 Å². The lowest BCUT2D eigenvalue weighted by molar-refractivity contribution is 0.0401. The summed E-state index contributed by atoms with van der Waals surface area (Å²) in [5.41, 5.74) is 1.68. The number of halogens is 2. The third-order valence-corrected chi connectivity index (χ3v) is 4.56. The molecule has 1 unspecified atom stereocenters. The van der Waals surface area contributed by atoms with E-state index in [4.69, 9.17) is 27.9 Å². The van der Waals surface area contributed by atoms with Crippen molar-refractivity contribution in [2.75, 3.05) is 11.9 Å². The Kier molecular flexibility index (Phi) is 5.44. The predicted molar refractivity (Wildman–Crippen MR) is 94.2 cm³/mol. The fourth-order valence-electron chi connectivity index (χ4n) is 2.90. The molecule has 2 aromatic rings. The molecule has 0 aliphatic carbocycles. The molecule has 5 heteroatoms. The normalized spacial score (nSPS) is 20.2. The summed E-state index contributed by atoms with van der Waals surface area (Å²) in [6.07, 6.45) is 1.17. The highest BCUT2D eigenvalue weighted by molar-refractivity contribution is 6.30. The van der Waals surface area contributed by atoms with Crippen molar-refractivity contribution in [3.8, 4) is 0 Å². The summed E-state index contributed by atoms with van der Waals surface area (Å²) in [6.45, 7) is 0.728. The van der Waals surface area contributed by atoms with Gasteiger partial charge in [0.25, 0.3) is 0 Å². The van der Waals surface area contributed by atoms with E-state index in [0.717, 1.165) is 30.7 Å². The molecule has 1 aliphatic heterocycles. The van der Waals surface area contributed by atoms with Gasteiger partial charge in [0.1, 0.15) is 6.10 Å². The molecule has 0 amide bonds. The molecule has 0 aromatic heterocycles. The van der Waals surface area contributed by atoms with Gasteiger partial charge < -0.3 is 15.2 Å². The van der Waals surface area contributed by atoms with Crippen molar-refractivity contribution >= 4 is 28.9 Å². The zero-order chi connectivity index (χ0) is 16.2. The second-order valence-electron chi connectivity index (χ2n) is 5.73. The number of hydrogen-bond donors (Lipinski definition) is 2. The second-order valence-corrected chi connectivity index (χ2v) is 6.60. The van der Waals surface area contributed by atoms with Crippen molar-refractivity contribution < 1.29 is 9.84 Å². The van der Waals surface area contributed by atoms with Gasteiger partial charge in [-0.3, -0.25) is 0 Å². The molecule has 1 heterocycles. The Morgan fingerprint density at radius 1 is 1.09 bits per heavy atom.